The van der Waals surface area contributed by atoms with E-state index in [0.717, 1.165) is 16.7 Å². The number of rotatable bonds is 4. The van der Waals surface area contributed by atoms with E-state index in [-0.39, 0.29) is 5.78 Å². The van der Waals surface area contributed by atoms with Gasteiger partial charge in [-0.15, -0.1) is 0 Å². The summed E-state index contributed by atoms with van der Waals surface area (Å²) < 4.78 is 5.02. The highest BCUT2D eigenvalue weighted by Crippen LogP contribution is 2.21. The molecular formula is C15H15NO2. The topological polar surface area (TPSA) is 39.2 Å². The van der Waals surface area contributed by atoms with E-state index in [1.807, 2.05) is 43.3 Å². The van der Waals surface area contributed by atoms with Crippen molar-refractivity contribution < 1.29 is 9.53 Å². The van der Waals surface area contributed by atoms with Crippen LogP contribution in [0, 0.1) is 0 Å². The van der Waals surface area contributed by atoms with Crippen molar-refractivity contribution in [3.63, 3.8) is 0 Å². The number of pyridine rings is 1. The molecule has 0 amide bonds. The number of nitrogens with zero attached hydrogens (tertiary/aromatic N) is 1. The van der Waals surface area contributed by atoms with Gasteiger partial charge in [0.15, 0.2) is 5.78 Å². The van der Waals surface area contributed by atoms with Crippen LogP contribution in [0.1, 0.15) is 23.7 Å². The Morgan fingerprint density at radius 1 is 1.22 bits per heavy atom. The lowest BCUT2D eigenvalue weighted by Crippen LogP contribution is -1.96. The third kappa shape index (κ3) is 2.56. The summed E-state index contributed by atoms with van der Waals surface area (Å²) >= 11 is 0. The van der Waals surface area contributed by atoms with Crippen LogP contribution in [-0.4, -0.2) is 17.9 Å². The second-order valence-corrected chi connectivity index (χ2v) is 3.95. The summed E-state index contributed by atoms with van der Waals surface area (Å²) in [6.07, 6.45) is 2.26. The molecule has 2 aromatic rings. The Morgan fingerprint density at radius 3 is 2.67 bits per heavy atom. The Labute approximate surface area is 106 Å². The van der Waals surface area contributed by atoms with E-state index in [1.165, 1.54) is 0 Å². The summed E-state index contributed by atoms with van der Waals surface area (Å²) in [6.45, 7) is 1.87. The van der Waals surface area contributed by atoms with Gasteiger partial charge in [-0.3, -0.25) is 4.79 Å². The number of hydrogen-bond acceptors (Lipinski definition) is 3. The fraction of sp³-hybridized carbons (Fsp3) is 0.200. The average molecular weight is 241 g/mol. The first-order valence-electron chi connectivity index (χ1n) is 5.88. The molecule has 0 aliphatic rings. The number of ether oxygens (including phenoxy) is 1. The van der Waals surface area contributed by atoms with Crippen molar-refractivity contribution in [2.24, 2.45) is 0 Å². The number of carbonyl (C=O) groups excluding carboxylic acids is 1. The number of ketones is 1. The number of carbonyl (C=O) groups is 1. The smallest absolute Gasteiger partial charge is 0.212 e. The molecule has 0 bridgehead atoms. The lowest BCUT2D eigenvalue weighted by Gasteiger charge is -2.05. The minimum Gasteiger partial charge on any atom is -0.481 e. The molecule has 92 valence electrons. The third-order valence-corrected chi connectivity index (χ3v) is 2.78. The van der Waals surface area contributed by atoms with Crippen LogP contribution in [-0.2, 0) is 0 Å². The Hall–Kier alpha value is -2.16. The van der Waals surface area contributed by atoms with Gasteiger partial charge in [0.2, 0.25) is 5.88 Å². The van der Waals surface area contributed by atoms with Gasteiger partial charge in [-0.05, 0) is 17.7 Å². The van der Waals surface area contributed by atoms with E-state index in [2.05, 4.69) is 4.98 Å². The van der Waals surface area contributed by atoms with Gasteiger partial charge in [0.25, 0.3) is 0 Å². The van der Waals surface area contributed by atoms with Crippen molar-refractivity contribution in [1.82, 2.24) is 4.98 Å². The number of Topliss-reactive ketones (excluding diaryl/α,β-unsaturated/α-hetero) is 1. The maximum Gasteiger partial charge on any atom is 0.212 e. The second-order valence-electron chi connectivity index (χ2n) is 3.95. The minimum absolute atomic E-state index is 0.151. The Kier molecular flexibility index (Phi) is 3.72. The van der Waals surface area contributed by atoms with Crippen LogP contribution in [0.2, 0.25) is 0 Å². The van der Waals surface area contributed by atoms with Crippen molar-refractivity contribution in [1.29, 1.82) is 0 Å². The Morgan fingerprint density at radius 2 is 2.06 bits per heavy atom. The van der Waals surface area contributed by atoms with E-state index in [4.69, 9.17) is 4.74 Å². The summed E-state index contributed by atoms with van der Waals surface area (Å²) in [6, 6.07) is 11.3. The van der Waals surface area contributed by atoms with E-state index in [0.29, 0.717) is 12.3 Å². The third-order valence-electron chi connectivity index (χ3n) is 2.78. The zero-order chi connectivity index (χ0) is 13.0. The molecule has 0 fully saturated rings. The Bertz CT molecular complexity index is 547. The highest BCUT2D eigenvalue weighted by molar-refractivity contribution is 5.96. The van der Waals surface area contributed by atoms with E-state index in [9.17, 15) is 4.79 Å². The van der Waals surface area contributed by atoms with Gasteiger partial charge in [0, 0.05) is 29.8 Å². The molecule has 0 unspecified atom stereocenters. The monoisotopic (exact) mass is 241 g/mol. The van der Waals surface area contributed by atoms with Gasteiger partial charge < -0.3 is 4.74 Å². The molecule has 1 heterocycles. The SMILES string of the molecule is CCC(=O)c1cccc(-c2ccc(OC)nc2)c1. The fourth-order valence-electron chi connectivity index (χ4n) is 1.75. The van der Waals surface area contributed by atoms with Crippen LogP contribution in [0.4, 0.5) is 0 Å². The quantitative estimate of drug-likeness (QED) is 0.770. The molecule has 0 saturated heterocycles. The van der Waals surface area contributed by atoms with Crippen molar-refractivity contribution >= 4 is 5.78 Å². The lowest BCUT2D eigenvalue weighted by atomic mass is 10.0. The van der Waals surface area contributed by atoms with Gasteiger partial charge in [-0.25, -0.2) is 4.98 Å². The first-order chi connectivity index (χ1) is 8.74. The van der Waals surface area contributed by atoms with Crippen LogP contribution < -0.4 is 4.74 Å². The summed E-state index contributed by atoms with van der Waals surface area (Å²) in [4.78, 5) is 15.8. The normalized spacial score (nSPS) is 10.1. The van der Waals surface area contributed by atoms with Crippen LogP contribution >= 0.6 is 0 Å². The largest absolute Gasteiger partial charge is 0.481 e. The molecule has 2 rings (SSSR count). The molecule has 0 aliphatic heterocycles. The average Bonchev–Trinajstić information content (AvgIpc) is 2.46. The lowest BCUT2D eigenvalue weighted by molar-refractivity contribution is 0.0988. The zero-order valence-corrected chi connectivity index (χ0v) is 10.5. The first-order valence-corrected chi connectivity index (χ1v) is 5.88. The van der Waals surface area contributed by atoms with Crippen molar-refractivity contribution in [3.8, 4) is 17.0 Å². The predicted molar refractivity (Wildman–Crippen MR) is 70.8 cm³/mol. The molecule has 0 saturated carbocycles. The van der Waals surface area contributed by atoms with Gasteiger partial charge in [-0.1, -0.05) is 25.1 Å². The maximum atomic E-state index is 11.7. The second kappa shape index (κ2) is 5.45. The van der Waals surface area contributed by atoms with E-state index >= 15 is 0 Å². The van der Waals surface area contributed by atoms with Crippen LogP contribution in [0.5, 0.6) is 5.88 Å². The molecule has 3 nitrogen and oxygen atoms in total. The number of hydrogen-bond donors (Lipinski definition) is 0. The number of aromatic nitrogens is 1. The molecule has 0 radical (unpaired) electrons. The summed E-state index contributed by atoms with van der Waals surface area (Å²) in [7, 11) is 1.59. The molecule has 1 aromatic heterocycles. The molecule has 1 aromatic carbocycles. The fourth-order valence-corrected chi connectivity index (χ4v) is 1.75. The first kappa shape index (κ1) is 12.3. The van der Waals surface area contributed by atoms with Crippen LogP contribution in [0.3, 0.4) is 0 Å². The molecule has 0 N–H and O–H groups in total. The van der Waals surface area contributed by atoms with Crippen molar-refractivity contribution in [3.05, 3.63) is 48.2 Å². The summed E-state index contributed by atoms with van der Waals surface area (Å²) in [5.74, 6) is 0.734. The predicted octanol–water partition coefficient (Wildman–Crippen LogP) is 3.35. The highest BCUT2D eigenvalue weighted by atomic mass is 16.5. The Balaban J connectivity index is 2.35. The van der Waals surface area contributed by atoms with Crippen molar-refractivity contribution in [2.45, 2.75) is 13.3 Å². The maximum absolute atomic E-state index is 11.7. The molecule has 0 aliphatic carbocycles. The van der Waals surface area contributed by atoms with Gasteiger partial charge in [0.1, 0.15) is 0 Å². The molecule has 3 heteroatoms. The summed E-state index contributed by atoms with van der Waals surface area (Å²) in [5, 5.41) is 0. The van der Waals surface area contributed by atoms with Crippen LogP contribution in [0.25, 0.3) is 11.1 Å². The number of methoxy groups -OCH3 is 1. The molecule has 0 atom stereocenters. The molecule has 18 heavy (non-hydrogen) atoms. The molecule has 0 spiro atoms. The van der Waals surface area contributed by atoms with Crippen LogP contribution in [0.15, 0.2) is 42.6 Å². The van der Waals surface area contributed by atoms with E-state index in [1.54, 1.807) is 13.3 Å². The van der Waals surface area contributed by atoms with Gasteiger partial charge in [-0.2, -0.15) is 0 Å². The van der Waals surface area contributed by atoms with E-state index < -0.39 is 0 Å². The zero-order valence-electron chi connectivity index (χ0n) is 10.5. The highest BCUT2D eigenvalue weighted by Gasteiger charge is 2.05. The van der Waals surface area contributed by atoms with Gasteiger partial charge >= 0.3 is 0 Å². The minimum atomic E-state index is 0.151. The molecular weight excluding hydrogens is 226 g/mol. The number of benzene rings is 1. The standard InChI is InChI=1S/C15H15NO2/c1-3-14(17)12-6-4-5-11(9-12)13-7-8-15(18-2)16-10-13/h4-10H,3H2,1-2H3. The van der Waals surface area contributed by atoms with Gasteiger partial charge in [0.05, 0.1) is 7.11 Å². The van der Waals surface area contributed by atoms with Crippen molar-refractivity contribution in [2.75, 3.05) is 7.11 Å². The summed E-state index contributed by atoms with van der Waals surface area (Å²) in [5.41, 5.74) is 2.71.